The van der Waals surface area contributed by atoms with Gasteiger partial charge in [-0.05, 0) is 44.5 Å². The van der Waals surface area contributed by atoms with Crippen molar-refractivity contribution < 1.29 is 26.0 Å². The summed E-state index contributed by atoms with van der Waals surface area (Å²) in [6.45, 7) is 2.55. The molecule has 9 heteroatoms. The van der Waals surface area contributed by atoms with Gasteiger partial charge in [-0.25, -0.2) is 17.5 Å². The van der Waals surface area contributed by atoms with E-state index in [1.165, 1.54) is 0 Å². The van der Waals surface area contributed by atoms with E-state index < -0.39 is 38.5 Å². The van der Waals surface area contributed by atoms with Crippen LogP contribution < -0.4 is 10.0 Å². The molecule has 0 saturated carbocycles. The Balaban J connectivity index is 2.30. The smallest absolute Gasteiger partial charge is 0.313 e. The number of benzene rings is 1. The fourth-order valence-corrected chi connectivity index (χ4v) is 3.74. The minimum Gasteiger partial charge on any atom is -0.313 e. The highest BCUT2D eigenvalue weighted by Gasteiger charge is 2.36. The van der Waals surface area contributed by atoms with Crippen LogP contribution in [0.25, 0.3) is 0 Å². The number of nitrogens with one attached hydrogen (secondary N) is 2. The zero-order valence-electron chi connectivity index (χ0n) is 11.7. The van der Waals surface area contributed by atoms with Crippen molar-refractivity contribution in [3.63, 3.8) is 0 Å². The molecule has 0 amide bonds. The van der Waals surface area contributed by atoms with Crippen LogP contribution in [-0.2, 0) is 16.2 Å². The van der Waals surface area contributed by atoms with Gasteiger partial charge in [0.25, 0.3) is 0 Å². The lowest BCUT2D eigenvalue weighted by atomic mass is 10.0. The molecule has 1 aliphatic heterocycles. The van der Waals surface area contributed by atoms with E-state index in [9.17, 15) is 26.0 Å². The molecule has 1 fully saturated rings. The van der Waals surface area contributed by atoms with Crippen LogP contribution in [0.2, 0.25) is 0 Å². The van der Waals surface area contributed by atoms with Crippen molar-refractivity contribution in [1.82, 2.24) is 10.0 Å². The fourth-order valence-electron chi connectivity index (χ4n) is 2.36. The first-order chi connectivity index (χ1) is 10.1. The number of halogens is 4. The molecule has 0 bridgehead atoms. The van der Waals surface area contributed by atoms with E-state index in [0.717, 1.165) is 19.0 Å². The largest absolute Gasteiger partial charge is 0.419 e. The molecule has 2 unspecified atom stereocenters. The van der Waals surface area contributed by atoms with Crippen molar-refractivity contribution in [2.45, 2.75) is 42.9 Å². The van der Waals surface area contributed by atoms with Crippen LogP contribution in [0.3, 0.4) is 0 Å². The van der Waals surface area contributed by atoms with Crippen LogP contribution in [0, 0.1) is 5.82 Å². The van der Waals surface area contributed by atoms with Gasteiger partial charge in [0, 0.05) is 12.1 Å². The first-order valence-corrected chi connectivity index (χ1v) is 8.22. The molecule has 0 spiro atoms. The van der Waals surface area contributed by atoms with Gasteiger partial charge in [0.1, 0.15) is 5.82 Å². The minimum atomic E-state index is -4.95. The molecule has 124 valence electrons. The van der Waals surface area contributed by atoms with Gasteiger partial charge in [0.05, 0.1) is 10.5 Å². The summed E-state index contributed by atoms with van der Waals surface area (Å²) in [6.07, 6.45) is -3.61. The molecule has 0 aromatic heterocycles. The molecule has 1 aliphatic rings. The number of alkyl halides is 3. The summed E-state index contributed by atoms with van der Waals surface area (Å²) < 4.78 is 78.0. The first kappa shape index (κ1) is 17.2. The van der Waals surface area contributed by atoms with E-state index in [4.69, 9.17) is 0 Å². The lowest BCUT2D eigenvalue weighted by molar-refractivity contribution is -0.140. The van der Waals surface area contributed by atoms with E-state index in [1.807, 2.05) is 0 Å². The molecule has 1 aromatic carbocycles. The third-order valence-corrected chi connectivity index (χ3v) is 5.11. The van der Waals surface area contributed by atoms with Crippen LogP contribution in [0.15, 0.2) is 23.1 Å². The van der Waals surface area contributed by atoms with Crippen LogP contribution >= 0.6 is 0 Å². The van der Waals surface area contributed by atoms with E-state index >= 15 is 0 Å². The third kappa shape index (κ3) is 3.76. The molecule has 1 aromatic rings. The SMILES string of the molecule is CC1NCCCC1NS(=O)(=O)c1ccc(F)c(C(F)(F)F)c1. The van der Waals surface area contributed by atoms with Crippen LogP contribution in [0.5, 0.6) is 0 Å². The fraction of sp³-hybridized carbons (Fsp3) is 0.538. The lowest BCUT2D eigenvalue weighted by Crippen LogP contribution is -2.51. The van der Waals surface area contributed by atoms with Crippen molar-refractivity contribution in [3.8, 4) is 0 Å². The number of rotatable bonds is 3. The van der Waals surface area contributed by atoms with Gasteiger partial charge in [-0.3, -0.25) is 0 Å². The topological polar surface area (TPSA) is 58.2 Å². The van der Waals surface area contributed by atoms with Crippen molar-refractivity contribution in [2.24, 2.45) is 0 Å². The van der Waals surface area contributed by atoms with Gasteiger partial charge in [-0.2, -0.15) is 13.2 Å². The Morgan fingerprint density at radius 2 is 2.00 bits per heavy atom. The van der Waals surface area contributed by atoms with Gasteiger partial charge in [-0.1, -0.05) is 0 Å². The maximum Gasteiger partial charge on any atom is 0.419 e. The molecule has 0 aliphatic carbocycles. The van der Waals surface area contributed by atoms with Crippen LogP contribution in [-0.4, -0.2) is 27.0 Å². The van der Waals surface area contributed by atoms with Crippen molar-refractivity contribution >= 4 is 10.0 Å². The maximum atomic E-state index is 13.2. The summed E-state index contributed by atoms with van der Waals surface area (Å²) in [6, 6.07) is 1.11. The highest BCUT2D eigenvalue weighted by molar-refractivity contribution is 7.89. The van der Waals surface area contributed by atoms with Gasteiger partial charge in [0.2, 0.25) is 10.0 Å². The van der Waals surface area contributed by atoms with E-state index in [1.54, 1.807) is 6.92 Å². The normalized spacial score (nSPS) is 23.5. The quantitative estimate of drug-likeness (QED) is 0.830. The highest BCUT2D eigenvalue weighted by atomic mass is 32.2. The molecule has 1 heterocycles. The average molecular weight is 340 g/mol. The summed E-state index contributed by atoms with van der Waals surface area (Å²) in [4.78, 5) is -0.598. The van der Waals surface area contributed by atoms with Gasteiger partial charge in [0.15, 0.2) is 0 Å². The molecule has 1 saturated heterocycles. The van der Waals surface area contributed by atoms with Gasteiger partial charge in [-0.15, -0.1) is 0 Å². The summed E-state index contributed by atoms with van der Waals surface area (Å²) >= 11 is 0. The summed E-state index contributed by atoms with van der Waals surface area (Å²) in [7, 11) is -4.15. The number of piperidine rings is 1. The van der Waals surface area contributed by atoms with E-state index in [2.05, 4.69) is 10.0 Å². The van der Waals surface area contributed by atoms with E-state index in [0.29, 0.717) is 18.6 Å². The minimum absolute atomic E-state index is 0.133. The molecule has 0 radical (unpaired) electrons. The summed E-state index contributed by atoms with van der Waals surface area (Å²) in [5, 5.41) is 3.08. The standard InChI is InChI=1S/C13H16F4N2O2S/c1-8-12(3-2-6-18-8)19-22(20,21)9-4-5-11(14)10(7-9)13(15,16)17/h4-5,7-8,12,18-19H,2-3,6H2,1H3. The zero-order chi connectivity index (χ0) is 16.5. The van der Waals surface area contributed by atoms with Crippen molar-refractivity contribution in [2.75, 3.05) is 6.54 Å². The molecular formula is C13H16F4N2O2S. The van der Waals surface area contributed by atoms with Crippen LogP contribution in [0.4, 0.5) is 17.6 Å². The average Bonchev–Trinajstić information content (AvgIpc) is 2.40. The number of sulfonamides is 1. The zero-order valence-corrected chi connectivity index (χ0v) is 12.6. The van der Waals surface area contributed by atoms with Crippen LogP contribution in [0.1, 0.15) is 25.3 Å². The second-order valence-electron chi connectivity index (χ2n) is 5.25. The molecule has 2 rings (SSSR count). The Morgan fingerprint density at radius 3 is 2.59 bits per heavy atom. The second-order valence-corrected chi connectivity index (χ2v) is 6.97. The van der Waals surface area contributed by atoms with Gasteiger partial charge >= 0.3 is 6.18 Å². The Hall–Kier alpha value is -1.19. The predicted octanol–water partition coefficient (Wildman–Crippen LogP) is 2.26. The predicted molar refractivity (Wildman–Crippen MR) is 72.2 cm³/mol. The molecule has 4 nitrogen and oxygen atoms in total. The Morgan fingerprint density at radius 1 is 1.32 bits per heavy atom. The molecule has 22 heavy (non-hydrogen) atoms. The molecule has 2 N–H and O–H groups in total. The Bertz CT molecular complexity index is 646. The third-order valence-electron chi connectivity index (χ3n) is 3.62. The first-order valence-electron chi connectivity index (χ1n) is 6.74. The second kappa shape index (κ2) is 6.13. The van der Waals surface area contributed by atoms with Crippen molar-refractivity contribution in [3.05, 3.63) is 29.6 Å². The Labute approximate surface area is 126 Å². The maximum absolute atomic E-state index is 13.2. The molecular weight excluding hydrogens is 324 g/mol. The Kier molecular flexibility index (Phi) is 4.78. The highest BCUT2D eigenvalue weighted by Crippen LogP contribution is 2.32. The lowest BCUT2D eigenvalue weighted by Gasteiger charge is -2.30. The van der Waals surface area contributed by atoms with E-state index in [-0.39, 0.29) is 6.04 Å². The summed E-state index contributed by atoms with van der Waals surface area (Å²) in [5.74, 6) is -1.50. The number of hydrogen-bond acceptors (Lipinski definition) is 3. The van der Waals surface area contributed by atoms with Crippen molar-refractivity contribution in [1.29, 1.82) is 0 Å². The summed E-state index contributed by atoms with van der Waals surface area (Å²) in [5.41, 5.74) is -1.59. The monoisotopic (exact) mass is 340 g/mol. The number of hydrogen-bond donors (Lipinski definition) is 2. The molecule has 2 atom stereocenters. The van der Waals surface area contributed by atoms with Gasteiger partial charge < -0.3 is 5.32 Å².